The average Bonchev–Trinajstić information content (AvgIpc) is 3.34. The van der Waals surface area contributed by atoms with Crippen LogP contribution in [-0.2, 0) is 10.0 Å². The van der Waals surface area contributed by atoms with Crippen molar-refractivity contribution in [2.24, 2.45) is 5.92 Å². The van der Waals surface area contributed by atoms with Gasteiger partial charge in [-0.25, -0.2) is 27.1 Å². The standard InChI is InChI=1S/C16H19FN4O2S/c1-20(24(22,23)13-3-4-13)7-11-8-21(9-11)16-14-5-2-12(17)6-15(14)18-10-19-16/h2,5-6,10-11,13H,3-4,7-9H2,1H3. The Hall–Kier alpha value is -1.80. The Bertz CT molecular complexity index is 879. The molecule has 0 unspecified atom stereocenters. The topological polar surface area (TPSA) is 66.4 Å². The predicted molar refractivity (Wildman–Crippen MR) is 89.8 cm³/mol. The summed E-state index contributed by atoms with van der Waals surface area (Å²) in [6.07, 6.45) is 3.01. The van der Waals surface area contributed by atoms with Gasteiger partial charge < -0.3 is 4.90 Å². The molecule has 0 spiro atoms. The number of nitrogens with zero attached hydrogens (tertiary/aromatic N) is 4. The largest absolute Gasteiger partial charge is 0.355 e. The highest BCUT2D eigenvalue weighted by atomic mass is 32.2. The van der Waals surface area contributed by atoms with Crippen LogP contribution >= 0.6 is 0 Å². The highest BCUT2D eigenvalue weighted by molar-refractivity contribution is 7.90. The van der Waals surface area contributed by atoms with Gasteiger partial charge >= 0.3 is 0 Å². The molecule has 0 amide bonds. The number of hydrogen-bond donors (Lipinski definition) is 0. The van der Waals surface area contributed by atoms with E-state index in [1.165, 1.54) is 22.8 Å². The molecule has 128 valence electrons. The van der Waals surface area contributed by atoms with Gasteiger partial charge in [0.2, 0.25) is 10.0 Å². The zero-order valence-electron chi connectivity index (χ0n) is 13.4. The number of halogens is 1. The van der Waals surface area contributed by atoms with Crippen molar-refractivity contribution in [1.82, 2.24) is 14.3 Å². The lowest BCUT2D eigenvalue weighted by Gasteiger charge is -2.41. The van der Waals surface area contributed by atoms with E-state index in [1.54, 1.807) is 13.1 Å². The minimum absolute atomic E-state index is 0.167. The number of sulfonamides is 1. The number of benzene rings is 1. The molecule has 2 fully saturated rings. The molecule has 2 aliphatic rings. The number of rotatable bonds is 5. The Morgan fingerprint density at radius 3 is 2.75 bits per heavy atom. The van der Waals surface area contributed by atoms with Crippen LogP contribution in [0.1, 0.15) is 12.8 Å². The molecule has 8 heteroatoms. The van der Waals surface area contributed by atoms with E-state index in [0.29, 0.717) is 12.1 Å². The summed E-state index contributed by atoms with van der Waals surface area (Å²) in [5, 5.41) is 0.649. The van der Waals surface area contributed by atoms with Crippen molar-refractivity contribution in [3.05, 3.63) is 30.3 Å². The van der Waals surface area contributed by atoms with E-state index in [0.717, 1.165) is 37.1 Å². The SMILES string of the molecule is CN(CC1CN(c2ncnc3cc(F)ccc23)C1)S(=O)(=O)C1CC1. The van der Waals surface area contributed by atoms with Crippen molar-refractivity contribution in [1.29, 1.82) is 0 Å². The molecule has 2 aromatic rings. The van der Waals surface area contributed by atoms with Gasteiger partial charge in [-0.15, -0.1) is 0 Å². The maximum Gasteiger partial charge on any atom is 0.216 e. The minimum atomic E-state index is -3.11. The molecule has 0 radical (unpaired) electrons. The van der Waals surface area contributed by atoms with E-state index in [2.05, 4.69) is 14.9 Å². The fraction of sp³-hybridized carbons (Fsp3) is 0.500. The molecule has 1 aliphatic heterocycles. The molecule has 0 atom stereocenters. The van der Waals surface area contributed by atoms with Crippen LogP contribution in [0.5, 0.6) is 0 Å². The maximum atomic E-state index is 13.3. The van der Waals surface area contributed by atoms with Gasteiger partial charge in [-0.2, -0.15) is 0 Å². The highest BCUT2D eigenvalue weighted by Crippen LogP contribution is 2.33. The highest BCUT2D eigenvalue weighted by Gasteiger charge is 2.40. The lowest BCUT2D eigenvalue weighted by atomic mass is 9.99. The first-order valence-corrected chi connectivity index (χ1v) is 9.56. The molecule has 6 nitrogen and oxygen atoms in total. The second-order valence-electron chi connectivity index (χ2n) is 6.65. The third-order valence-corrected chi connectivity index (χ3v) is 7.06. The number of fused-ring (bicyclic) bond motifs is 1. The molecule has 0 bridgehead atoms. The van der Waals surface area contributed by atoms with Crippen LogP contribution in [0.15, 0.2) is 24.5 Å². The van der Waals surface area contributed by atoms with Gasteiger partial charge in [0, 0.05) is 44.1 Å². The number of aromatic nitrogens is 2. The molecule has 1 aromatic carbocycles. The third-order valence-electron chi connectivity index (χ3n) is 4.73. The second-order valence-corrected chi connectivity index (χ2v) is 8.97. The molecule has 24 heavy (non-hydrogen) atoms. The molecule has 4 rings (SSSR count). The summed E-state index contributed by atoms with van der Waals surface area (Å²) in [5.74, 6) is 0.749. The summed E-state index contributed by atoms with van der Waals surface area (Å²) in [6, 6.07) is 4.49. The van der Waals surface area contributed by atoms with Crippen molar-refractivity contribution in [3.63, 3.8) is 0 Å². The van der Waals surface area contributed by atoms with Gasteiger partial charge in [0.05, 0.1) is 10.8 Å². The first-order chi connectivity index (χ1) is 11.4. The summed E-state index contributed by atoms with van der Waals surface area (Å²) in [4.78, 5) is 10.5. The van der Waals surface area contributed by atoms with Crippen molar-refractivity contribution < 1.29 is 12.8 Å². The second kappa shape index (κ2) is 5.63. The van der Waals surface area contributed by atoms with E-state index in [9.17, 15) is 12.8 Å². The average molecular weight is 350 g/mol. The van der Waals surface area contributed by atoms with Crippen molar-refractivity contribution in [3.8, 4) is 0 Å². The summed E-state index contributed by atoms with van der Waals surface area (Å²) >= 11 is 0. The van der Waals surface area contributed by atoms with E-state index in [1.807, 2.05) is 0 Å². The lowest BCUT2D eigenvalue weighted by molar-refractivity contribution is 0.326. The Morgan fingerprint density at radius 2 is 2.04 bits per heavy atom. The third kappa shape index (κ3) is 2.73. The lowest BCUT2D eigenvalue weighted by Crippen LogP contribution is -2.52. The molecule has 1 aromatic heterocycles. The van der Waals surface area contributed by atoms with E-state index < -0.39 is 10.0 Å². The van der Waals surface area contributed by atoms with Crippen LogP contribution in [0.3, 0.4) is 0 Å². The molecule has 1 aliphatic carbocycles. The monoisotopic (exact) mass is 350 g/mol. The van der Waals surface area contributed by atoms with Crippen molar-refractivity contribution in [2.75, 3.05) is 31.6 Å². The van der Waals surface area contributed by atoms with Gasteiger partial charge in [-0.05, 0) is 25.0 Å². The van der Waals surface area contributed by atoms with Crippen molar-refractivity contribution in [2.45, 2.75) is 18.1 Å². The van der Waals surface area contributed by atoms with Gasteiger partial charge in [0.1, 0.15) is 18.0 Å². The van der Waals surface area contributed by atoms with E-state index in [-0.39, 0.29) is 17.0 Å². The van der Waals surface area contributed by atoms with Crippen molar-refractivity contribution >= 4 is 26.7 Å². The summed E-state index contributed by atoms with van der Waals surface area (Å²) in [7, 11) is -1.45. The molecule has 0 N–H and O–H groups in total. The summed E-state index contributed by atoms with van der Waals surface area (Å²) in [6.45, 7) is 2.02. The maximum absolute atomic E-state index is 13.3. The van der Waals surface area contributed by atoms with Gasteiger partial charge in [0.15, 0.2) is 0 Å². The normalized spacial score (nSPS) is 19.0. The fourth-order valence-electron chi connectivity index (χ4n) is 3.21. The van der Waals surface area contributed by atoms with Crippen LogP contribution in [0, 0.1) is 11.7 Å². The van der Waals surface area contributed by atoms with Gasteiger partial charge in [0.25, 0.3) is 0 Å². The van der Waals surface area contributed by atoms with Crippen LogP contribution in [0.2, 0.25) is 0 Å². The van der Waals surface area contributed by atoms with Crippen LogP contribution in [0.4, 0.5) is 10.2 Å². The van der Waals surface area contributed by atoms with Crippen LogP contribution < -0.4 is 4.90 Å². The Balaban J connectivity index is 1.44. The molecule has 1 saturated heterocycles. The molecule has 1 saturated carbocycles. The van der Waals surface area contributed by atoms with E-state index >= 15 is 0 Å². The quantitative estimate of drug-likeness (QED) is 0.820. The van der Waals surface area contributed by atoms with E-state index in [4.69, 9.17) is 0 Å². The Labute approximate surface area is 140 Å². The number of anilines is 1. The molecular formula is C16H19FN4O2S. The summed E-state index contributed by atoms with van der Waals surface area (Å²) < 4.78 is 39.2. The molecular weight excluding hydrogens is 331 g/mol. The van der Waals surface area contributed by atoms with Gasteiger partial charge in [-0.1, -0.05) is 0 Å². The molecule has 2 heterocycles. The first kappa shape index (κ1) is 15.7. The zero-order chi connectivity index (χ0) is 16.9. The summed E-state index contributed by atoms with van der Waals surface area (Å²) in [5.41, 5.74) is 0.580. The van der Waals surface area contributed by atoms with Crippen LogP contribution in [-0.4, -0.2) is 54.6 Å². The Kier molecular flexibility index (Phi) is 3.69. The van der Waals surface area contributed by atoms with Gasteiger partial charge in [-0.3, -0.25) is 0 Å². The van der Waals surface area contributed by atoms with Crippen LogP contribution in [0.25, 0.3) is 10.9 Å². The number of hydrogen-bond acceptors (Lipinski definition) is 5. The minimum Gasteiger partial charge on any atom is -0.355 e. The fourth-order valence-corrected chi connectivity index (χ4v) is 4.87. The smallest absolute Gasteiger partial charge is 0.216 e. The Morgan fingerprint density at radius 1 is 1.29 bits per heavy atom. The zero-order valence-corrected chi connectivity index (χ0v) is 14.2. The predicted octanol–water partition coefficient (Wildman–Crippen LogP) is 1.63. The first-order valence-electron chi connectivity index (χ1n) is 8.05.